The Morgan fingerprint density at radius 2 is 1.79 bits per heavy atom. The highest BCUT2D eigenvalue weighted by atomic mass is 16.7. The average Bonchev–Trinajstić information content (AvgIpc) is 3.16. The zero-order valence-corrected chi connectivity index (χ0v) is 24.6. The van der Waals surface area contributed by atoms with Crippen LogP contribution in [0.15, 0.2) is 12.1 Å². The molecule has 0 amide bonds. The summed E-state index contributed by atoms with van der Waals surface area (Å²) >= 11 is 0. The molecule has 210 valence electrons. The van der Waals surface area contributed by atoms with Crippen molar-refractivity contribution < 1.29 is 29.2 Å². The maximum Gasteiger partial charge on any atom is 0.302 e. The molecule has 6 rings (SSSR count). The van der Waals surface area contributed by atoms with Gasteiger partial charge in [0.2, 0.25) is 0 Å². The van der Waals surface area contributed by atoms with Crippen molar-refractivity contribution in [1.29, 1.82) is 0 Å². The van der Waals surface area contributed by atoms with Gasteiger partial charge >= 0.3 is 5.97 Å². The lowest BCUT2D eigenvalue weighted by molar-refractivity contribution is -0.239. The minimum atomic E-state index is -1.22. The molecule has 5 aliphatic rings. The number of aliphatic hydroxyl groups is 2. The van der Waals surface area contributed by atoms with Crippen molar-refractivity contribution >= 4 is 5.97 Å². The second-order valence-electron chi connectivity index (χ2n) is 15.3. The Bertz CT molecular complexity index is 1190. The average molecular weight is 527 g/mol. The molecule has 0 saturated heterocycles. The molecule has 3 fully saturated rings. The predicted molar refractivity (Wildman–Crippen MR) is 144 cm³/mol. The fourth-order valence-electron chi connectivity index (χ4n) is 10.7. The molecular weight excluding hydrogens is 480 g/mol. The topological polar surface area (TPSA) is 85.2 Å². The van der Waals surface area contributed by atoms with Crippen molar-refractivity contribution in [2.75, 3.05) is 6.61 Å². The normalized spacial score (nSPS) is 47.5. The first-order chi connectivity index (χ1) is 17.5. The van der Waals surface area contributed by atoms with Crippen LogP contribution in [-0.4, -0.2) is 46.7 Å². The fourth-order valence-corrected chi connectivity index (χ4v) is 10.7. The first kappa shape index (κ1) is 26.7. The molecule has 6 nitrogen and oxygen atoms in total. The summed E-state index contributed by atoms with van der Waals surface area (Å²) in [5.74, 6) is -0.916. The van der Waals surface area contributed by atoms with Crippen LogP contribution in [-0.2, 0) is 29.8 Å². The van der Waals surface area contributed by atoms with Gasteiger partial charge in [-0.1, -0.05) is 60.6 Å². The maximum atomic E-state index is 12.7. The van der Waals surface area contributed by atoms with Crippen LogP contribution in [0.2, 0.25) is 0 Å². The maximum absolute atomic E-state index is 12.7. The van der Waals surface area contributed by atoms with E-state index in [1.807, 2.05) is 6.92 Å². The van der Waals surface area contributed by atoms with Crippen LogP contribution >= 0.6 is 0 Å². The zero-order valence-electron chi connectivity index (χ0n) is 24.6. The van der Waals surface area contributed by atoms with Crippen molar-refractivity contribution in [1.82, 2.24) is 0 Å². The largest absolute Gasteiger partial charge is 0.462 e. The van der Waals surface area contributed by atoms with Gasteiger partial charge in [-0.15, -0.1) is 0 Å². The number of rotatable bonds is 3. The van der Waals surface area contributed by atoms with Crippen LogP contribution in [0.4, 0.5) is 0 Å². The lowest BCUT2D eigenvalue weighted by Crippen LogP contribution is -2.60. The van der Waals surface area contributed by atoms with Gasteiger partial charge in [0.25, 0.3) is 0 Å². The molecule has 4 aliphatic carbocycles. The van der Waals surface area contributed by atoms with Gasteiger partial charge < -0.3 is 24.4 Å². The van der Waals surface area contributed by atoms with Gasteiger partial charge in [-0.05, 0) is 59.6 Å². The monoisotopic (exact) mass is 526 g/mol. The zero-order chi connectivity index (χ0) is 27.8. The summed E-state index contributed by atoms with van der Waals surface area (Å²) in [6, 6.07) is 4.44. The van der Waals surface area contributed by atoms with E-state index in [2.05, 4.69) is 60.6 Å². The van der Waals surface area contributed by atoms with E-state index in [1.165, 1.54) is 18.1 Å². The van der Waals surface area contributed by atoms with Crippen LogP contribution in [0.3, 0.4) is 0 Å². The van der Waals surface area contributed by atoms with Crippen molar-refractivity contribution in [3.8, 4) is 0 Å². The van der Waals surface area contributed by atoms with Crippen molar-refractivity contribution in [3.63, 3.8) is 0 Å². The number of carbonyl (C=O) groups is 1. The SMILES string of the molecule is CC(=O)O[C@H]1C[C@@H](C)[C@@H]2[C@@H](OC3OC[C@@]4(C)CC(C)(C)c5ccc(C)c3c54)[C@H](O)[C@@]3(C)CC(C)(C)[C@H]1[C@]23O. The van der Waals surface area contributed by atoms with Gasteiger partial charge in [-0.3, -0.25) is 4.79 Å². The van der Waals surface area contributed by atoms with Crippen LogP contribution in [0.25, 0.3) is 0 Å². The molecule has 38 heavy (non-hydrogen) atoms. The highest BCUT2D eigenvalue weighted by molar-refractivity contribution is 5.66. The molecule has 0 spiro atoms. The third-order valence-corrected chi connectivity index (χ3v) is 11.5. The number of hydrogen-bond donors (Lipinski definition) is 2. The van der Waals surface area contributed by atoms with Crippen LogP contribution in [0.5, 0.6) is 0 Å². The molecule has 2 N–H and O–H groups in total. The Balaban J connectivity index is 1.42. The molecule has 3 saturated carbocycles. The minimum Gasteiger partial charge on any atom is -0.462 e. The first-order valence-corrected chi connectivity index (χ1v) is 14.5. The number of ether oxygens (including phenoxy) is 3. The van der Waals surface area contributed by atoms with Gasteiger partial charge in [0.1, 0.15) is 6.10 Å². The van der Waals surface area contributed by atoms with Gasteiger partial charge in [-0.2, -0.15) is 0 Å². The van der Waals surface area contributed by atoms with E-state index in [9.17, 15) is 15.0 Å². The summed E-state index contributed by atoms with van der Waals surface area (Å²) in [5, 5.41) is 24.7. The second-order valence-corrected chi connectivity index (χ2v) is 15.3. The molecule has 0 bridgehead atoms. The summed E-state index contributed by atoms with van der Waals surface area (Å²) in [6.45, 7) is 19.4. The van der Waals surface area contributed by atoms with Crippen LogP contribution < -0.4 is 0 Å². The molecule has 0 radical (unpaired) electrons. The number of aliphatic hydroxyl groups excluding tert-OH is 1. The molecule has 0 aromatic heterocycles. The first-order valence-electron chi connectivity index (χ1n) is 14.5. The Hall–Kier alpha value is -1.47. The van der Waals surface area contributed by atoms with E-state index in [4.69, 9.17) is 14.2 Å². The van der Waals surface area contributed by atoms with E-state index in [-0.39, 0.29) is 46.1 Å². The van der Waals surface area contributed by atoms with Gasteiger partial charge in [0, 0.05) is 35.2 Å². The molecule has 1 aromatic carbocycles. The molecule has 1 heterocycles. The number of carbonyl (C=O) groups excluding carboxylic acids is 1. The number of hydrogen-bond acceptors (Lipinski definition) is 6. The molecule has 1 aromatic rings. The lowest BCUT2D eigenvalue weighted by atomic mass is 9.58. The highest BCUT2D eigenvalue weighted by Gasteiger charge is 2.80. The number of aryl methyl sites for hydroxylation is 1. The summed E-state index contributed by atoms with van der Waals surface area (Å²) in [7, 11) is 0. The predicted octanol–water partition coefficient (Wildman–Crippen LogP) is 5.09. The highest BCUT2D eigenvalue weighted by Crippen LogP contribution is 2.73. The van der Waals surface area contributed by atoms with Gasteiger partial charge in [-0.25, -0.2) is 0 Å². The van der Waals surface area contributed by atoms with E-state index in [0.29, 0.717) is 19.4 Å². The van der Waals surface area contributed by atoms with Crippen molar-refractivity contribution in [2.45, 2.75) is 123 Å². The standard InChI is InChI=1S/C32H46O6/c1-16-10-11-19-23-21(16)27(36-15-30(23,8)13-28(19,4)5)38-24-22-17(2)12-20(37-18(3)33)25-29(6,7)14-31(9,26(24)34)32(22,25)35/h10-11,17,20,22,24-27,34-35H,12-15H2,1-9H3/t17-,20+,22-,24-,25+,26+,27?,30-,31-,32-/m1/s1. The van der Waals surface area contributed by atoms with Gasteiger partial charge in [0.05, 0.1) is 24.4 Å². The molecular formula is C32H46O6. The molecule has 1 unspecified atom stereocenters. The van der Waals surface area contributed by atoms with Crippen molar-refractivity contribution in [2.24, 2.45) is 28.6 Å². The minimum absolute atomic E-state index is 0.00801. The molecule has 6 heteroatoms. The number of benzene rings is 1. The number of esters is 1. The molecule has 10 atom stereocenters. The van der Waals surface area contributed by atoms with Crippen LogP contribution in [0.1, 0.15) is 103 Å². The Labute approximate surface area is 227 Å². The second kappa shape index (κ2) is 7.84. The smallest absolute Gasteiger partial charge is 0.302 e. The Kier molecular flexibility index (Phi) is 5.51. The Morgan fingerprint density at radius 1 is 1.11 bits per heavy atom. The van der Waals surface area contributed by atoms with E-state index < -0.39 is 29.5 Å². The fraction of sp³-hybridized carbons (Fsp3) is 0.781. The van der Waals surface area contributed by atoms with Gasteiger partial charge in [0.15, 0.2) is 6.29 Å². The summed E-state index contributed by atoms with van der Waals surface area (Å²) in [4.78, 5) is 12.1. The van der Waals surface area contributed by atoms with E-state index in [0.717, 1.165) is 17.5 Å². The summed E-state index contributed by atoms with van der Waals surface area (Å²) in [5.41, 5.74) is 2.62. The third-order valence-electron chi connectivity index (χ3n) is 11.5. The summed E-state index contributed by atoms with van der Waals surface area (Å²) in [6.07, 6.45) is -0.151. The lowest BCUT2D eigenvalue weighted by Gasteiger charge is -2.52. The summed E-state index contributed by atoms with van der Waals surface area (Å²) < 4.78 is 19.2. The molecule has 1 aliphatic heterocycles. The third kappa shape index (κ3) is 3.18. The van der Waals surface area contributed by atoms with E-state index in [1.54, 1.807) is 0 Å². The van der Waals surface area contributed by atoms with Crippen LogP contribution in [0, 0.1) is 35.5 Å². The van der Waals surface area contributed by atoms with Crippen molar-refractivity contribution in [3.05, 3.63) is 34.4 Å². The quantitative estimate of drug-likeness (QED) is 0.534. The Morgan fingerprint density at radius 3 is 2.45 bits per heavy atom. The van der Waals surface area contributed by atoms with E-state index >= 15 is 0 Å².